The second-order valence-corrected chi connectivity index (χ2v) is 7.87. The average molecular weight is 431 g/mol. The van der Waals surface area contributed by atoms with Gasteiger partial charge in [-0.05, 0) is 54.8 Å². The molecule has 2 aromatic rings. The van der Waals surface area contributed by atoms with E-state index in [2.05, 4.69) is 26.5 Å². The Labute approximate surface area is 178 Å². The molecule has 0 radical (unpaired) electrons. The first kappa shape index (κ1) is 21.3. The lowest BCUT2D eigenvalue weighted by molar-refractivity contribution is 0.100. The molecule has 164 valence electrons. The van der Waals surface area contributed by atoms with E-state index in [0.29, 0.717) is 17.9 Å². The fourth-order valence-electron chi connectivity index (χ4n) is 3.94. The highest BCUT2D eigenvalue weighted by Crippen LogP contribution is 2.23. The van der Waals surface area contributed by atoms with Crippen LogP contribution in [0.25, 0.3) is 0 Å². The number of amides is 1. The molecule has 0 spiro atoms. The van der Waals surface area contributed by atoms with E-state index in [1.165, 1.54) is 36.4 Å². The highest BCUT2D eigenvalue weighted by Gasteiger charge is 2.27. The van der Waals surface area contributed by atoms with Crippen LogP contribution in [0.5, 0.6) is 0 Å². The van der Waals surface area contributed by atoms with Gasteiger partial charge in [0.1, 0.15) is 17.5 Å². The number of carbonyl (C=O) groups excluding carboxylic acids is 1. The second-order valence-electron chi connectivity index (χ2n) is 7.87. The Hall–Kier alpha value is -2.91. The van der Waals surface area contributed by atoms with Crippen LogP contribution in [0.3, 0.4) is 0 Å². The number of aliphatic imine (C=N–C) groups is 1. The van der Waals surface area contributed by atoms with E-state index in [1.54, 1.807) is 0 Å². The SMILES string of the molecule is O=C(/N=C(/NC1CCCC1)NC1CC(c2cc(F)cc(F)c2)NN1)c1ccc(F)cc1. The van der Waals surface area contributed by atoms with Crippen molar-refractivity contribution in [2.45, 2.75) is 50.4 Å². The summed E-state index contributed by atoms with van der Waals surface area (Å²) in [6.07, 6.45) is 4.31. The number of hydrogen-bond acceptors (Lipinski definition) is 3. The van der Waals surface area contributed by atoms with Gasteiger partial charge in [0.25, 0.3) is 5.91 Å². The number of nitrogens with one attached hydrogen (secondary N) is 4. The highest BCUT2D eigenvalue weighted by atomic mass is 19.1. The van der Waals surface area contributed by atoms with Crippen molar-refractivity contribution in [1.29, 1.82) is 0 Å². The van der Waals surface area contributed by atoms with Crippen molar-refractivity contribution in [3.05, 3.63) is 71.0 Å². The van der Waals surface area contributed by atoms with Gasteiger partial charge in [-0.3, -0.25) is 4.79 Å². The topological polar surface area (TPSA) is 77.5 Å². The number of hydrogen-bond donors (Lipinski definition) is 4. The number of benzene rings is 2. The molecular weight excluding hydrogens is 407 g/mol. The van der Waals surface area contributed by atoms with E-state index in [0.717, 1.165) is 31.7 Å². The molecule has 9 heteroatoms. The summed E-state index contributed by atoms with van der Waals surface area (Å²) in [6, 6.07) is 8.49. The molecule has 4 rings (SSSR count). The van der Waals surface area contributed by atoms with E-state index in [4.69, 9.17) is 0 Å². The summed E-state index contributed by atoms with van der Waals surface area (Å²) in [5.41, 5.74) is 6.81. The van der Waals surface area contributed by atoms with Crippen LogP contribution in [0.2, 0.25) is 0 Å². The van der Waals surface area contributed by atoms with Crippen molar-refractivity contribution in [3.63, 3.8) is 0 Å². The number of rotatable bonds is 4. The van der Waals surface area contributed by atoms with Crippen LogP contribution in [0.4, 0.5) is 13.2 Å². The Bertz CT molecular complexity index is 940. The lowest BCUT2D eigenvalue weighted by Gasteiger charge is -2.20. The van der Waals surface area contributed by atoms with Gasteiger partial charge < -0.3 is 10.6 Å². The van der Waals surface area contributed by atoms with E-state index < -0.39 is 23.4 Å². The third-order valence-corrected chi connectivity index (χ3v) is 5.50. The molecular formula is C22H24F3N5O. The number of hydrazine groups is 1. The monoisotopic (exact) mass is 431 g/mol. The molecule has 1 saturated heterocycles. The van der Waals surface area contributed by atoms with Crippen molar-refractivity contribution in [3.8, 4) is 0 Å². The Morgan fingerprint density at radius 1 is 0.903 bits per heavy atom. The maximum atomic E-state index is 13.6. The first-order valence-electron chi connectivity index (χ1n) is 10.3. The zero-order valence-corrected chi connectivity index (χ0v) is 16.8. The summed E-state index contributed by atoms with van der Waals surface area (Å²) in [6.45, 7) is 0. The van der Waals surface area contributed by atoms with Gasteiger partial charge in [0, 0.05) is 30.1 Å². The molecule has 1 saturated carbocycles. The van der Waals surface area contributed by atoms with Crippen LogP contribution in [-0.2, 0) is 0 Å². The summed E-state index contributed by atoms with van der Waals surface area (Å²) < 4.78 is 40.2. The first-order valence-corrected chi connectivity index (χ1v) is 10.3. The number of carbonyl (C=O) groups is 1. The molecule has 1 aliphatic carbocycles. The molecule has 1 heterocycles. The van der Waals surface area contributed by atoms with Gasteiger partial charge in [-0.1, -0.05) is 12.8 Å². The number of nitrogens with zero attached hydrogens (tertiary/aromatic N) is 1. The molecule has 2 atom stereocenters. The molecule has 0 aromatic heterocycles. The van der Waals surface area contributed by atoms with E-state index in [9.17, 15) is 18.0 Å². The van der Waals surface area contributed by atoms with E-state index in [-0.39, 0.29) is 23.8 Å². The van der Waals surface area contributed by atoms with Gasteiger partial charge >= 0.3 is 0 Å². The molecule has 2 aromatic carbocycles. The van der Waals surface area contributed by atoms with Gasteiger partial charge in [0.05, 0.1) is 6.17 Å². The second kappa shape index (κ2) is 9.49. The Morgan fingerprint density at radius 2 is 1.58 bits per heavy atom. The normalized spacial score (nSPS) is 22.0. The lowest BCUT2D eigenvalue weighted by Crippen LogP contribution is -2.51. The summed E-state index contributed by atoms with van der Waals surface area (Å²) in [7, 11) is 0. The standard InChI is InChI=1S/C22H24F3N5O/c23-15-7-5-13(6-8-15)21(31)28-22(26-18-3-1-2-4-18)27-20-12-19(29-30-20)14-9-16(24)11-17(25)10-14/h5-11,18-20,29-30H,1-4,12H2,(H2,26,27,28,31). The van der Waals surface area contributed by atoms with Crippen molar-refractivity contribution >= 4 is 11.9 Å². The Balaban J connectivity index is 1.46. The van der Waals surface area contributed by atoms with Crippen LogP contribution in [0.1, 0.15) is 54.1 Å². The third kappa shape index (κ3) is 5.62. The predicted octanol–water partition coefficient (Wildman–Crippen LogP) is 3.29. The fraction of sp³-hybridized carbons (Fsp3) is 0.364. The van der Waals surface area contributed by atoms with Crippen molar-refractivity contribution in [2.24, 2.45) is 4.99 Å². The van der Waals surface area contributed by atoms with Gasteiger partial charge in [-0.25, -0.2) is 24.0 Å². The first-order chi connectivity index (χ1) is 15.0. The quantitative estimate of drug-likeness (QED) is 0.442. The fourth-order valence-corrected chi connectivity index (χ4v) is 3.94. The van der Waals surface area contributed by atoms with Gasteiger partial charge in [-0.2, -0.15) is 4.99 Å². The summed E-state index contributed by atoms with van der Waals surface area (Å²) in [4.78, 5) is 16.7. The summed E-state index contributed by atoms with van der Waals surface area (Å²) >= 11 is 0. The Kier molecular flexibility index (Phi) is 6.53. The minimum absolute atomic E-state index is 0.203. The maximum Gasteiger partial charge on any atom is 0.280 e. The molecule has 0 bridgehead atoms. The van der Waals surface area contributed by atoms with Crippen molar-refractivity contribution < 1.29 is 18.0 Å². The molecule has 4 N–H and O–H groups in total. The van der Waals surface area contributed by atoms with Crippen LogP contribution < -0.4 is 21.5 Å². The lowest BCUT2D eigenvalue weighted by atomic mass is 10.0. The molecule has 2 aliphatic rings. The van der Waals surface area contributed by atoms with Crippen LogP contribution in [-0.4, -0.2) is 24.1 Å². The van der Waals surface area contributed by atoms with E-state index >= 15 is 0 Å². The van der Waals surface area contributed by atoms with Crippen LogP contribution in [0, 0.1) is 17.5 Å². The summed E-state index contributed by atoms with van der Waals surface area (Å²) in [5, 5.41) is 6.45. The van der Waals surface area contributed by atoms with Crippen molar-refractivity contribution in [1.82, 2.24) is 21.5 Å². The largest absolute Gasteiger partial charge is 0.353 e. The van der Waals surface area contributed by atoms with Crippen LogP contribution in [0.15, 0.2) is 47.5 Å². The average Bonchev–Trinajstić information content (AvgIpc) is 3.40. The summed E-state index contributed by atoms with van der Waals surface area (Å²) in [5.74, 6) is -1.88. The van der Waals surface area contributed by atoms with Gasteiger partial charge in [0.15, 0.2) is 0 Å². The zero-order chi connectivity index (χ0) is 21.8. The van der Waals surface area contributed by atoms with E-state index in [1.807, 2.05) is 0 Å². The van der Waals surface area contributed by atoms with Crippen LogP contribution >= 0.6 is 0 Å². The molecule has 2 fully saturated rings. The minimum atomic E-state index is -0.636. The Morgan fingerprint density at radius 3 is 2.26 bits per heavy atom. The molecule has 6 nitrogen and oxygen atoms in total. The maximum absolute atomic E-state index is 13.6. The predicted molar refractivity (Wildman–Crippen MR) is 110 cm³/mol. The minimum Gasteiger partial charge on any atom is -0.353 e. The highest BCUT2D eigenvalue weighted by molar-refractivity contribution is 6.02. The molecule has 1 aliphatic heterocycles. The van der Waals surface area contributed by atoms with Crippen molar-refractivity contribution in [2.75, 3.05) is 0 Å². The van der Waals surface area contributed by atoms with Gasteiger partial charge in [-0.15, -0.1) is 0 Å². The molecule has 2 unspecified atom stereocenters. The smallest absolute Gasteiger partial charge is 0.280 e. The number of halogens is 3. The molecule has 1 amide bonds. The van der Waals surface area contributed by atoms with Gasteiger partial charge in [0.2, 0.25) is 5.96 Å². The number of guanidine groups is 1. The third-order valence-electron chi connectivity index (χ3n) is 5.50. The molecule has 31 heavy (non-hydrogen) atoms. The zero-order valence-electron chi connectivity index (χ0n) is 16.8.